The van der Waals surface area contributed by atoms with Crippen molar-refractivity contribution in [3.8, 4) is 0 Å². The van der Waals surface area contributed by atoms with Crippen molar-refractivity contribution in [2.45, 2.75) is 44.9 Å². The van der Waals surface area contributed by atoms with Gasteiger partial charge in [0.1, 0.15) is 0 Å². The van der Waals surface area contributed by atoms with Gasteiger partial charge in [-0.3, -0.25) is 9.59 Å². The molecule has 0 saturated carbocycles. The second kappa shape index (κ2) is 10.6. The lowest BCUT2D eigenvalue weighted by Gasteiger charge is -2.31. The van der Waals surface area contributed by atoms with Gasteiger partial charge >= 0.3 is 0 Å². The molecule has 1 heterocycles. The fourth-order valence-electron chi connectivity index (χ4n) is 3.77. The summed E-state index contributed by atoms with van der Waals surface area (Å²) in [6, 6.07) is 11.7. The lowest BCUT2D eigenvalue weighted by atomic mass is 9.97. The molecule has 0 aliphatic carbocycles. The van der Waals surface area contributed by atoms with E-state index in [9.17, 15) is 18.0 Å². The first-order valence-corrected chi connectivity index (χ1v) is 13.4. The normalized spacial score (nSPS) is 15.7. The average Bonchev–Trinajstić information content (AvgIpc) is 2.75. The molecular weight excluding hydrogens is 497 g/mol. The Morgan fingerprint density at radius 3 is 2.18 bits per heavy atom. The molecule has 1 aliphatic heterocycles. The molecule has 0 atom stereocenters. The van der Waals surface area contributed by atoms with Gasteiger partial charge in [-0.2, -0.15) is 0 Å². The monoisotopic (exact) mass is 525 g/mol. The molecule has 7 nitrogen and oxygen atoms in total. The molecule has 34 heavy (non-hydrogen) atoms. The van der Waals surface area contributed by atoms with Crippen molar-refractivity contribution >= 4 is 50.7 Å². The number of sulfonamides is 1. The Labute approximate surface area is 210 Å². The van der Waals surface area contributed by atoms with Crippen LogP contribution in [0.15, 0.2) is 42.5 Å². The highest BCUT2D eigenvalue weighted by atomic mass is 35.5. The summed E-state index contributed by atoms with van der Waals surface area (Å²) in [5.41, 5.74) is 0.761. The zero-order valence-electron chi connectivity index (χ0n) is 19.4. The number of piperidine rings is 1. The van der Waals surface area contributed by atoms with Gasteiger partial charge in [0.2, 0.25) is 15.9 Å². The number of nitrogens with one attached hydrogen (secondary N) is 2. The maximum absolute atomic E-state index is 12.9. The first-order valence-electron chi connectivity index (χ1n) is 11.0. The van der Waals surface area contributed by atoms with E-state index < -0.39 is 15.6 Å². The number of amides is 2. The first kappa shape index (κ1) is 26.5. The van der Waals surface area contributed by atoms with Crippen LogP contribution in [0.4, 0.5) is 5.69 Å². The number of benzene rings is 2. The molecule has 1 saturated heterocycles. The van der Waals surface area contributed by atoms with Crippen LogP contribution < -0.4 is 10.6 Å². The lowest BCUT2D eigenvalue weighted by molar-refractivity contribution is -0.120. The zero-order valence-corrected chi connectivity index (χ0v) is 21.7. The molecule has 1 fully saturated rings. The highest BCUT2D eigenvalue weighted by Crippen LogP contribution is 2.29. The van der Waals surface area contributed by atoms with Gasteiger partial charge in [0.05, 0.1) is 17.0 Å². The Morgan fingerprint density at radius 1 is 1.00 bits per heavy atom. The minimum absolute atomic E-state index is 0.217. The quantitative estimate of drug-likeness (QED) is 0.571. The highest BCUT2D eigenvalue weighted by Gasteiger charge is 2.32. The molecule has 10 heteroatoms. The topological polar surface area (TPSA) is 95.6 Å². The van der Waals surface area contributed by atoms with E-state index in [-0.39, 0.29) is 36.6 Å². The molecule has 0 aromatic heterocycles. The summed E-state index contributed by atoms with van der Waals surface area (Å²) < 4.78 is 27.2. The van der Waals surface area contributed by atoms with Gasteiger partial charge in [0.15, 0.2) is 0 Å². The lowest BCUT2D eigenvalue weighted by Crippen LogP contribution is -2.42. The van der Waals surface area contributed by atoms with Crippen LogP contribution in [0.5, 0.6) is 0 Å². The number of carbonyl (C=O) groups excluding carboxylic acids is 2. The number of nitrogens with zero attached hydrogens (tertiary/aromatic N) is 1. The molecule has 2 N–H and O–H groups in total. The van der Waals surface area contributed by atoms with Crippen LogP contribution in [-0.4, -0.2) is 43.2 Å². The number of hydrogen-bond donors (Lipinski definition) is 2. The summed E-state index contributed by atoms with van der Waals surface area (Å²) in [6.07, 6.45) is 0.745. The summed E-state index contributed by atoms with van der Waals surface area (Å²) in [6.45, 7) is 6.08. The van der Waals surface area contributed by atoms with Crippen LogP contribution in [0, 0.1) is 5.92 Å². The smallest absolute Gasteiger partial charge is 0.253 e. The zero-order chi connectivity index (χ0) is 25.1. The third kappa shape index (κ3) is 6.72. The number of rotatable bonds is 6. The van der Waals surface area contributed by atoms with Crippen LogP contribution in [0.1, 0.15) is 49.5 Å². The Bertz CT molecular complexity index is 1150. The van der Waals surface area contributed by atoms with Gasteiger partial charge in [-0.25, -0.2) is 12.7 Å². The minimum Gasteiger partial charge on any atom is -0.347 e. The Hall–Kier alpha value is -2.13. The average molecular weight is 526 g/mol. The van der Waals surface area contributed by atoms with E-state index in [1.807, 2.05) is 20.8 Å². The fraction of sp³-hybridized carbons (Fsp3) is 0.417. The molecule has 0 unspecified atom stereocenters. The molecule has 0 bridgehead atoms. The van der Waals surface area contributed by atoms with E-state index >= 15 is 0 Å². The van der Waals surface area contributed by atoms with E-state index in [0.717, 1.165) is 0 Å². The molecule has 3 rings (SSSR count). The Kier molecular flexibility index (Phi) is 8.29. The van der Waals surface area contributed by atoms with Gasteiger partial charge in [0, 0.05) is 40.2 Å². The van der Waals surface area contributed by atoms with E-state index in [0.29, 0.717) is 39.7 Å². The predicted octanol–water partition coefficient (Wildman–Crippen LogP) is 4.70. The van der Waals surface area contributed by atoms with Crippen molar-refractivity contribution in [2.75, 3.05) is 18.4 Å². The number of anilines is 1. The predicted molar refractivity (Wildman–Crippen MR) is 136 cm³/mol. The Balaban J connectivity index is 1.63. The Morgan fingerprint density at radius 2 is 1.59 bits per heavy atom. The van der Waals surface area contributed by atoms with Gasteiger partial charge in [0.25, 0.3) is 5.91 Å². The van der Waals surface area contributed by atoms with Crippen molar-refractivity contribution in [3.05, 3.63) is 63.6 Å². The van der Waals surface area contributed by atoms with Crippen molar-refractivity contribution < 1.29 is 18.0 Å². The maximum atomic E-state index is 12.9. The van der Waals surface area contributed by atoms with Crippen molar-refractivity contribution in [1.82, 2.24) is 9.62 Å². The molecule has 2 amide bonds. The van der Waals surface area contributed by atoms with Crippen molar-refractivity contribution in [1.29, 1.82) is 0 Å². The molecular formula is C24H29Cl2N3O4S. The molecule has 184 valence electrons. The number of carbonyl (C=O) groups is 2. The second-order valence-electron chi connectivity index (χ2n) is 9.37. The first-order chi connectivity index (χ1) is 15.9. The van der Waals surface area contributed by atoms with Crippen molar-refractivity contribution in [2.24, 2.45) is 5.92 Å². The molecule has 1 aliphatic rings. The van der Waals surface area contributed by atoms with Gasteiger partial charge in [-0.1, -0.05) is 41.4 Å². The van der Waals surface area contributed by atoms with Crippen LogP contribution in [0.3, 0.4) is 0 Å². The van der Waals surface area contributed by atoms with E-state index in [2.05, 4.69) is 10.6 Å². The molecule has 2 aromatic carbocycles. The maximum Gasteiger partial charge on any atom is 0.253 e. The van der Waals surface area contributed by atoms with E-state index in [4.69, 9.17) is 23.2 Å². The van der Waals surface area contributed by atoms with E-state index in [1.54, 1.807) is 42.5 Å². The number of para-hydroxylation sites is 1. The third-order valence-corrected chi connectivity index (χ3v) is 8.04. The largest absolute Gasteiger partial charge is 0.347 e. The van der Waals surface area contributed by atoms with Crippen molar-refractivity contribution in [3.63, 3.8) is 0 Å². The number of halogens is 2. The molecule has 0 spiro atoms. The molecule has 0 radical (unpaired) electrons. The van der Waals surface area contributed by atoms with Crippen LogP contribution in [0.2, 0.25) is 10.0 Å². The summed E-state index contributed by atoms with van der Waals surface area (Å²) in [4.78, 5) is 25.6. The fourth-order valence-corrected chi connectivity index (χ4v) is 6.09. The summed E-state index contributed by atoms with van der Waals surface area (Å²) >= 11 is 12.3. The van der Waals surface area contributed by atoms with E-state index in [1.165, 1.54) is 4.31 Å². The van der Waals surface area contributed by atoms with Gasteiger partial charge < -0.3 is 10.6 Å². The van der Waals surface area contributed by atoms with Crippen LogP contribution in [0.25, 0.3) is 0 Å². The minimum atomic E-state index is -3.64. The van der Waals surface area contributed by atoms with Crippen LogP contribution >= 0.6 is 23.2 Å². The highest BCUT2D eigenvalue weighted by molar-refractivity contribution is 7.88. The van der Waals surface area contributed by atoms with Crippen LogP contribution in [-0.2, 0) is 20.6 Å². The summed E-state index contributed by atoms with van der Waals surface area (Å²) in [5, 5.41) is 6.36. The summed E-state index contributed by atoms with van der Waals surface area (Å²) in [7, 11) is -3.64. The standard InChI is InChI=1S/C24H29Cl2N3O4S/c1-24(2,3)28-23(31)17-7-4-5-10-21(17)27-22(30)16-11-13-29(14-12-16)34(32,33)15-18-19(25)8-6-9-20(18)26/h4-10,16H,11-15H2,1-3H3,(H,27,30)(H,28,31). The van der Waals surface area contributed by atoms with Gasteiger partial charge in [-0.15, -0.1) is 0 Å². The molecule has 2 aromatic rings. The summed E-state index contributed by atoms with van der Waals surface area (Å²) in [5.74, 6) is -1.17. The van der Waals surface area contributed by atoms with Gasteiger partial charge in [-0.05, 0) is 57.9 Å². The SMILES string of the molecule is CC(C)(C)NC(=O)c1ccccc1NC(=O)C1CCN(S(=O)(=O)Cc2c(Cl)cccc2Cl)CC1. The number of hydrogen-bond acceptors (Lipinski definition) is 4. The third-order valence-electron chi connectivity index (χ3n) is 5.52. The second-order valence-corrected chi connectivity index (χ2v) is 12.2.